The van der Waals surface area contributed by atoms with Gasteiger partial charge in [-0.2, -0.15) is 0 Å². The van der Waals surface area contributed by atoms with Crippen molar-refractivity contribution in [2.45, 2.75) is 58.3 Å². The number of carbonyl (C=O) groups excluding carboxylic acids is 1. The summed E-state index contributed by atoms with van der Waals surface area (Å²) < 4.78 is 0. The lowest BCUT2D eigenvalue weighted by Crippen LogP contribution is -2.47. The Bertz CT molecular complexity index is 368. The predicted molar refractivity (Wildman–Crippen MR) is 81.1 cm³/mol. The molecule has 2 fully saturated rings. The standard InChI is InChI=1S/C16H28N2O3/c1-16(8-4-2-3-5-9-16)12-17-15(21)18-10-6-13(7-11-18)14(19)20/h13H,2-12H2,1H3,(H,17,21)(H,19,20). The van der Waals surface area contributed by atoms with Gasteiger partial charge in [0.1, 0.15) is 0 Å². The fourth-order valence-electron chi connectivity index (χ4n) is 3.49. The van der Waals surface area contributed by atoms with Crippen LogP contribution in [0.3, 0.4) is 0 Å². The molecule has 2 aliphatic rings. The van der Waals surface area contributed by atoms with Gasteiger partial charge in [0.05, 0.1) is 5.92 Å². The monoisotopic (exact) mass is 296 g/mol. The quantitative estimate of drug-likeness (QED) is 0.787. The fraction of sp³-hybridized carbons (Fsp3) is 0.875. The van der Waals surface area contributed by atoms with Crippen molar-refractivity contribution in [3.8, 4) is 0 Å². The lowest BCUT2D eigenvalue weighted by Gasteiger charge is -2.33. The zero-order valence-corrected chi connectivity index (χ0v) is 13.1. The minimum absolute atomic E-state index is 0.0238. The molecule has 1 aliphatic carbocycles. The highest BCUT2D eigenvalue weighted by Crippen LogP contribution is 2.33. The van der Waals surface area contributed by atoms with E-state index in [0.717, 1.165) is 6.54 Å². The first-order valence-electron chi connectivity index (χ1n) is 8.26. The predicted octanol–water partition coefficient (Wildman–Crippen LogP) is 2.85. The number of hydrogen-bond acceptors (Lipinski definition) is 2. The average molecular weight is 296 g/mol. The number of hydrogen-bond donors (Lipinski definition) is 2. The highest BCUT2D eigenvalue weighted by molar-refractivity contribution is 5.75. The average Bonchev–Trinajstić information content (AvgIpc) is 2.70. The molecule has 0 atom stereocenters. The van der Waals surface area contributed by atoms with E-state index in [2.05, 4.69) is 12.2 Å². The van der Waals surface area contributed by atoms with Crippen LogP contribution < -0.4 is 5.32 Å². The normalized spacial score (nSPS) is 23.4. The number of carboxylic acid groups (broad SMARTS) is 1. The molecule has 0 bridgehead atoms. The highest BCUT2D eigenvalue weighted by atomic mass is 16.4. The second kappa shape index (κ2) is 7.14. The van der Waals surface area contributed by atoms with Crippen molar-refractivity contribution in [3.05, 3.63) is 0 Å². The maximum absolute atomic E-state index is 12.2. The van der Waals surface area contributed by atoms with E-state index in [1.807, 2.05) is 0 Å². The van der Waals surface area contributed by atoms with Gasteiger partial charge in [0.15, 0.2) is 0 Å². The van der Waals surface area contributed by atoms with Crippen LogP contribution in [-0.2, 0) is 4.79 Å². The second-order valence-electron chi connectivity index (χ2n) is 6.98. The number of nitrogens with one attached hydrogen (secondary N) is 1. The summed E-state index contributed by atoms with van der Waals surface area (Å²) in [4.78, 5) is 24.9. The number of likely N-dealkylation sites (tertiary alicyclic amines) is 1. The molecular formula is C16H28N2O3. The summed E-state index contributed by atoms with van der Waals surface area (Å²) in [6, 6.07) is -0.0238. The van der Waals surface area contributed by atoms with E-state index in [1.165, 1.54) is 38.5 Å². The number of urea groups is 1. The molecule has 0 spiro atoms. The SMILES string of the molecule is CC1(CNC(=O)N2CCC(C(=O)O)CC2)CCCCCC1. The summed E-state index contributed by atoms with van der Waals surface area (Å²) in [6.45, 7) is 4.12. The Hall–Kier alpha value is -1.26. The summed E-state index contributed by atoms with van der Waals surface area (Å²) in [5, 5.41) is 12.1. The minimum Gasteiger partial charge on any atom is -0.481 e. The van der Waals surface area contributed by atoms with Gasteiger partial charge in [-0.1, -0.05) is 32.6 Å². The number of nitrogens with zero attached hydrogens (tertiary/aromatic N) is 1. The molecule has 0 aromatic heterocycles. The highest BCUT2D eigenvalue weighted by Gasteiger charge is 2.29. The van der Waals surface area contributed by atoms with Crippen molar-refractivity contribution in [3.63, 3.8) is 0 Å². The third kappa shape index (κ3) is 4.61. The van der Waals surface area contributed by atoms with Gasteiger partial charge in [0, 0.05) is 19.6 Å². The van der Waals surface area contributed by atoms with Gasteiger partial charge in [-0.05, 0) is 31.1 Å². The van der Waals surface area contributed by atoms with Gasteiger partial charge >= 0.3 is 12.0 Å². The van der Waals surface area contributed by atoms with Crippen LogP contribution in [0.1, 0.15) is 58.3 Å². The summed E-state index contributed by atoms with van der Waals surface area (Å²) in [5.41, 5.74) is 0.228. The van der Waals surface area contributed by atoms with Crippen LogP contribution in [0.15, 0.2) is 0 Å². The zero-order chi connectivity index (χ0) is 15.3. The Morgan fingerprint density at radius 1 is 1.14 bits per heavy atom. The molecule has 1 saturated carbocycles. The lowest BCUT2D eigenvalue weighted by atomic mass is 9.82. The number of rotatable bonds is 3. The third-order valence-corrected chi connectivity index (χ3v) is 5.11. The molecule has 0 aromatic rings. The van der Waals surface area contributed by atoms with E-state index in [-0.39, 0.29) is 17.4 Å². The van der Waals surface area contributed by atoms with Crippen LogP contribution in [0.2, 0.25) is 0 Å². The Kier molecular flexibility index (Phi) is 5.48. The van der Waals surface area contributed by atoms with Crippen LogP contribution in [0.25, 0.3) is 0 Å². The molecule has 1 heterocycles. The molecule has 5 nitrogen and oxygen atoms in total. The van der Waals surface area contributed by atoms with E-state index < -0.39 is 5.97 Å². The molecule has 2 rings (SSSR count). The Morgan fingerprint density at radius 2 is 1.71 bits per heavy atom. The molecule has 21 heavy (non-hydrogen) atoms. The molecule has 0 aromatic carbocycles. The lowest BCUT2D eigenvalue weighted by molar-refractivity contribution is -0.143. The summed E-state index contributed by atoms with van der Waals surface area (Å²) in [6.07, 6.45) is 8.66. The van der Waals surface area contributed by atoms with Gasteiger partial charge in [-0.15, -0.1) is 0 Å². The van der Waals surface area contributed by atoms with E-state index in [4.69, 9.17) is 5.11 Å². The van der Waals surface area contributed by atoms with E-state index in [9.17, 15) is 9.59 Å². The second-order valence-corrected chi connectivity index (χ2v) is 6.98. The smallest absolute Gasteiger partial charge is 0.317 e. The summed E-state index contributed by atoms with van der Waals surface area (Å²) >= 11 is 0. The number of carbonyl (C=O) groups is 2. The molecular weight excluding hydrogens is 268 g/mol. The number of aliphatic carboxylic acids is 1. The van der Waals surface area contributed by atoms with Crippen LogP contribution in [0.4, 0.5) is 4.79 Å². The Morgan fingerprint density at radius 3 is 2.24 bits per heavy atom. The van der Waals surface area contributed by atoms with Crippen molar-refractivity contribution >= 4 is 12.0 Å². The van der Waals surface area contributed by atoms with Crippen molar-refractivity contribution in [2.24, 2.45) is 11.3 Å². The first-order valence-corrected chi connectivity index (χ1v) is 8.26. The van der Waals surface area contributed by atoms with E-state index in [0.29, 0.717) is 25.9 Å². The third-order valence-electron chi connectivity index (χ3n) is 5.11. The topological polar surface area (TPSA) is 69.6 Å². The van der Waals surface area contributed by atoms with Crippen LogP contribution in [0, 0.1) is 11.3 Å². The minimum atomic E-state index is -0.735. The van der Waals surface area contributed by atoms with Crippen LogP contribution in [-0.4, -0.2) is 41.6 Å². The van der Waals surface area contributed by atoms with Crippen molar-refractivity contribution in [1.29, 1.82) is 0 Å². The van der Waals surface area contributed by atoms with Crippen molar-refractivity contribution in [2.75, 3.05) is 19.6 Å². The maximum atomic E-state index is 12.2. The maximum Gasteiger partial charge on any atom is 0.317 e. The Labute approximate surface area is 127 Å². The molecule has 0 radical (unpaired) electrons. The van der Waals surface area contributed by atoms with Gasteiger partial charge in [-0.25, -0.2) is 4.79 Å². The first-order chi connectivity index (χ1) is 10.0. The fourth-order valence-corrected chi connectivity index (χ4v) is 3.49. The van der Waals surface area contributed by atoms with Gasteiger partial charge in [0.25, 0.3) is 0 Å². The molecule has 0 unspecified atom stereocenters. The molecule has 2 N–H and O–H groups in total. The van der Waals surface area contributed by atoms with Crippen molar-refractivity contribution < 1.29 is 14.7 Å². The zero-order valence-electron chi connectivity index (χ0n) is 13.1. The molecule has 2 amide bonds. The van der Waals surface area contributed by atoms with E-state index >= 15 is 0 Å². The van der Waals surface area contributed by atoms with Crippen LogP contribution in [0.5, 0.6) is 0 Å². The number of amides is 2. The van der Waals surface area contributed by atoms with E-state index in [1.54, 1.807) is 4.90 Å². The number of carboxylic acids is 1. The molecule has 1 aliphatic heterocycles. The number of piperidine rings is 1. The van der Waals surface area contributed by atoms with Crippen molar-refractivity contribution in [1.82, 2.24) is 10.2 Å². The Balaban J connectivity index is 1.75. The summed E-state index contributed by atoms with van der Waals surface area (Å²) in [7, 11) is 0. The van der Waals surface area contributed by atoms with Gasteiger partial charge in [-0.3, -0.25) is 4.79 Å². The van der Waals surface area contributed by atoms with Gasteiger partial charge in [0.2, 0.25) is 0 Å². The summed E-state index contributed by atoms with van der Waals surface area (Å²) in [5.74, 6) is -1.02. The molecule has 120 valence electrons. The van der Waals surface area contributed by atoms with Crippen LogP contribution >= 0.6 is 0 Å². The van der Waals surface area contributed by atoms with Gasteiger partial charge < -0.3 is 15.3 Å². The largest absolute Gasteiger partial charge is 0.481 e. The molecule has 1 saturated heterocycles. The first kappa shape index (κ1) is 16.1. The molecule has 5 heteroatoms.